The van der Waals surface area contributed by atoms with Crippen molar-refractivity contribution in [3.8, 4) is 5.88 Å². The monoisotopic (exact) mass is 293 g/mol. The molecule has 0 aliphatic heterocycles. The number of aromatic nitrogens is 2. The van der Waals surface area contributed by atoms with Crippen molar-refractivity contribution in [3.05, 3.63) is 47.8 Å². The summed E-state index contributed by atoms with van der Waals surface area (Å²) < 4.78 is 32.3. The first-order valence-corrected chi connectivity index (χ1v) is 6.82. The number of nitrogens with zero attached hydrogens (tertiary/aromatic N) is 2. The van der Waals surface area contributed by atoms with Gasteiger partial charge in [0.2, 0.25) is 0 Å². The number of anilines is 1. The van der Waals surface area contributed by atoms with Gasteiger partial charge >= 0.3 is 0 Å². The van der Waals surface area contributed by atoms with Gasteiger partial charge in [-0.1, -0.05) is 0 Å². The molecule has 0 amide bonds. The highest BCUT2D eigenvalue weighted by Gasteiger charge is 2.12. The molecule has 4 nitrogen and oxygen atoms in total. The molecule has 21 heavy (non-hydrogen) atoms. The van der Waals surface area contributed by atoms with Gasteiger partial charge in [0.1, 0.15) is 0 Å². The largest absolute Gasteiger partial charge is 0.476 e. The second-order valence-electron chi connectivity index (χ2n) is 4.44. The van der Waals surface area contributed by atoms with E-state index in [2.05, 4.69) is 15.3 Å². The smallest absolute Gasteiger partial charge is 0.252 e. The molecular formula is C15H17F2N3O. The van der Waals surface area contributed by atoms with Gasteiger partial charge in [-0.3, -0.25) is 4.98 Å². The van der Waals surface area contributed by atoms with Crippen LogP contribution in [0.4, 0.5) is 14.6 Å². The Kier molecular flexibility index (Phi) is 5.43. The van der Waals surface area contributed by atoms with Crippen molar-refractivity contribution in [1.29, 1.82) is 0 Å². The quantitative estimate of drug-likeness (QED) is 0.796. The van der Waals surface area contributed by atoms with Crippen LogP contribution in [0.2, 0.25) is 0 Å². The van der Waals surface area contributed by atoms with E-state index in [0.29, 0.717) is 19.6 Å². The van der Waals surface area contributed by atoms with Crippen LogP contribution in [0.5, 0.6) is 5.88 Å². The van der Waals surface area contributed by atoms with Gasteiger partial charge in [-0.05, 0) is 37.5 Å². The summed E-state index contributed by atoms with van der Waals surface area (Å²) in [5, 5.41) is 2.72. The second kappa shape index (κ2) is 7.52. The van der Waals surface area contributed by atoms with Gasteiger partial charge in [0.15, 0.2) is 17.5 Å². The molecule has 2 heterocycles. The molecule has 0 aromatic carbocycles. The van der Waals surface area contributed by atoms with Crippen LogP contribution in [0.15, 0.2) is 30.6 Å². The molecule has 0 saturated carbocycles. The molecule has 1 N–H and O–H groups in total. The van der Waals surface area contributed by atoms with E-state index in [9.17, 15) is 8.78 Å². The zero-order valence-corrected chi connectivity index (χ0v) is 11.8. The molecule has 0 atom stereocenters. The maximum absolute atomic E-state index is 13.6. The Hall–Kier alpha value is -2.24. The lowest BCUT2D eigenvalue weighted by atomic mass is 10.1. The fourth-order valence-corrected chi connectivity index (χ4v) is 1.84. The first kappa shape index (κ1) is 15.2. The maximum Gasteiger partial charge on any atom is 0.252 e. The summed E-state index contributed by atoms with van der Waals surface area (Å²) >= 11 is 0. The molecule has 0 unspecified atom stereocenters. The van der Waals surface area contributed by atoms with Crippen molar-refractivity contribution >= 4 is 5.82 Å². The Labute approximate surface area is 122 Å². The summed E-state index contributed by atoms with van der Waals surface area (Å²) in [6.45, 7) is 2.61. The fraction of sp³-hybridized carbons (Fsp3) is 0.333. The molecule has 0 fully saturated rings. The zero-order chi connectivity index (χ0) is 15.1. The molecule has 0 aliphatic rings. The fourth-order valence-electron chi connectivity index (χ4n) is 1.84. The van der Waals surface area contributed by atoms with Gasteiger partial charge in [-0.2, -0.15) is 4.98 Å². The summed E-state index contributed by atoms with van der Waals surface area (Å²) in [5.41, 5.74) is 1.13. The third-order valence-corrected chi connectivity index (χ3v) is 2.84. The number of nitrogens with one attached hydrogen (secondary N) is 1. The van der Waals surface area contributed by atoms with Crippen molar-refractivity contribution in [2.45, 2.75) is 19.8 Å². The topological polar surface area (TPSA) is 47.0 Å². The van der Waals surface area contributed by atoms with Gasteiger partial charge in [0, 0.05) is 25.0 Å². The van der Waals surface area contributed by atoms with Gasteiger partial charge in [-0.25, -0.2) is 8.78 Å². The summed E-state index contributed by atoms with van der Waals surface area (Å²) in [5.74, 6) is -1.69. The van der Waals surface area contributed by atoms with Crippen LogP contribution >= 0.6 is 0 Å². The number of hydrogen-bond acceptors (Lipinski definition) is 4. The molecule has 6 heteroatoms. The number of aryl methyl sites for hydroxylation is 1. The molecule has 2 rings (SSSR count). The molecule has 0 spiro atoms. The Morgan fingerprint density at radius 3 is 2.67 bits per heavy atom. The lowest BCUT2D eigenvalue weighted by Gasteiger charge is -2.09. The number of halogens is 2. The van der Waals surface area contributed by atoms with Crippen LogP contribution in [-0.4, -0.2) is 23.1 Å². The van der Waals surface area contributed by atoms with Crippen LogP contribution in [-0.2, 0) is 6.42 Å². The van der Waals surface area contributed by atoms with E-state index in [1.807, 2.05) is 12.1 Å². The van der Waals surface area contributed by atoms with Crippen molar-refractivity contribution in [2.75, 3.05) is 18.5 Å². The van der Waals surface area contributed by atoms with Crippen LogP contribution < -0.4 is 10.1 Å². The predicted molar refractivity (Wildman–Crippen MR) is 76.4 cm³/mol. The van der Waals surface area contributed by atoms with Crippen LogP contribution in [0.25, 0.3) is 0 Å². The van der Waals surface area contributed by atoms with E-state index >= 15 is 0 Å². The Morgan fingerprint density at radius 1 is 1.19 bits per heavy atom. The van der Waals surface area contributed by atoms with E-state index < -0.39 is 11.6 Å². The molecule has 0 radical (unpaired) electrons. The molecule has 0 bridgehead atoms. The standard InChI is InChI=1S/C15H17F2N3O/c1-2-19-14-12(16)10-13(17)15(20-14)21-9-3-4-11-5-7-18-8-6-11/h5-8,10H,2-4,9H2,1H3,(H,19,20). The lowest BCUT2D eigenvalue weighted by Crippen LogP contribution is -2.07. The van der Waals surface area contributed by atoms with Crippen molar-refractivity contribution in [2.24, 2.45) is 0 Å². The zero-order valence-electron chi connectivity index (χ0n) is 11.8. The molecule has 0 saturated heterocycles. The molecule has 112 valence electrons. The average Bonchev–Trinajstić information content (AvgIpc) is 2.49. The van der Waals surface area contributed by atoms with Crippen molar-refractivity contribution in [3.63, 3.8) is 0 Å². The summed E-state index contributed by atoms with van der Waals surface area (Å²) in [4.78, 5) is 7.75. The van der Waals surface area contributed by atoms with E-state index in [-0.39, 0.29) is 11.7 Å². The Balaban J connectivity index is 1.89. The second-order valence-corrected chi connectivity index (χ2v) is 4.44. The van der Waals surface area contributed by atoms with Crippen LogP contribution in [0.1, 0.15) is 18.9 Å². The average molecular weight is 293 g/mol. The minimum absolute atomic E-state index is 0.00281. The highest BCUT2D eigenvalue weighted by atomic mass is 19.1. The lowest BCUT2D eigenvalue weighted by molar-refractivity contribution is 0.282. The number of rotatable bonds is 7. The molecular weight excluding hydrogens is 276 g/mol. The van der Waals surface area contributed by atoms with Gasteiger partial charge < -0.3 is 10.1 Å². The first-order valence-electron chi connectivity index (χ1n) is 6.82. The van der Waals surface area contributed by atoms with Crippen LogP contribution in [0, 0.1) is 11.6 Å². The van der Waals surface area contributed by atoms with Crippen LogP contribution in [0.3, 0.4) is 0 Å². The normalized spacial score (nSPS) is 10.4. The third kappa shape index (κ3) is 4.37. The molecule has 2 aromatic heterocycles. The van der Waals surface area contributed by atoms with Gasteiger partial charge in [0.25, 0.3) is 5.88 Å². The van der Waals surface area contributed by atoms with E-state index in [4.69, 9.17) is 4.74 Å². The number of ether oxygens (including phenoxy) is 1. The summed E-state index contributed by atoms with van der Waals surface area (Å²) in [7, 11) is 0. The van der Waals surface area contributed by atoms with E-state index in [1.54, 1.807) is 19.3 Å². The van der Waals surface area contributed by atoms with E-state index in [0.717, 1.165) is 18.1 Å². The molecule has 0 aliphatic carbocycles. The Morgan fingerprint density at radius 2 is 1.95 bits per heavy atom. The highest BCUT2D eigenvalue weighted by molar-refractivity contribution is 5.39. The highest BCUT2D eigenvalue weighted by Crippen LogP contribution is 2.21. The third-order valence-electron chi connectivity index (χ3n) is 2.84. The maximum atomic E-state index is 13.6. The molecule has 2 aromatic rings. The first-order chi connectivity index (χ1) is 10.2. The Bertz CT molecular complexity index is 579. The predicted octanol–water partition coefficient (Wildman–Crippen LogP) is 3.20. The minimum atomic E-state index is -0.793. The van der Waals surface area contributed by atoms with Crippen molar-refractivity contribution < 1.29 is 13.5 Å². The summed E-state index contributed by atoms with van der Waals surface area (Å²) in [6, 6.07) is 4.61. The van der Waals surface area contributed by atoms with Gasteiger partial charge in [0.05, 0.1) is 6.61 Å². The SMILES string of the molecule is CCNc1nc(OCCCc2ccncc2)c(F)cc1F. The minimum Gasteiger partial charge on any atom is -0.476 e. The van der Waals surface area contributed by atoms with E-state index in [1.165, 1.54) is 0 Å². The van der Waals surface area contributed by atoms with Crippen molar-refractivity contribution in [1.82, 2.24) is 9.97 Å². The number of pyridine rings is 2. The van der Waals surface area contributed by atoms with Gasteiger partial charge in [-0.15, -0.1) is 0 Å². The summed E-state index contributed by atoms with van der Waals surface area (Å²) in [6.07, 6.45) is 4.95. The number of hydrogen-bond donors (Lipinski definition) is 1.